The Kier molecular flexibility index (Phi) is 3.74. The first-order chi connectivity index (χ1) is 8.15. The summed E-state index contributed by atoms with van der Waals surface area (Å²) in [7, 11) is 0. The molecule has 1 aliphatic carbocycles. The van der Waals surface area contributed by atoms with E-state index < -0.39 is 0 Å². The Hall–Kier alpha value is -1.42. The van der Waals surface area contributed by atoms with Crippen molar-refractivity contribution in [3.63, 3.8) is 0 Å². The second-order valence-electron chi connectivity index (χ2n) is 4.71. The summed E-state index contributed by atoms with van der Waals surface area (Å²) in [6, 6.07) is 5.41. The first-order valence-electron chi connectivity index (χ1n) is 6.05. The molecule has 0 spiro atoms. The zero-order valence-electron chi connectivity index (χ0n) is 10.0. The quantitative estimate of drug-likeness (QED) is 0.828. The van der Waals surface area contributed by atoms with Gasteiger partial charge in [-0.25, -0.2) is 4.98 Å². The van der Waals surface area contributed by atoms with E-state index in [-0.39, 0.29) is 12.0 Å². The highest BCUT2D eigenvalue weighted by Crippen LogP contribution is 2.24. The molecule has 1 amide bonds. The molecule has 1 saturated carbocycles. The number of aromatic nitrogens is 1. The van der Waals surface area contributed by atoms with Gasteiger partial charge in [-0.05, 0) is 44.2 Å². The van der Waals surface area contributed by atoms with Gasteiger partial charge in [-0.2, -0.15) is 0 Å². The summed E-state index contributed by atoms with van der Waals surface area (Å²) in [5.74, 6) is 0.272. The van der Waals surface area contributed by atoms with Gasteiger partial charge >= 0.3 is 0 Å². The second-order valence-corrected chi connectivity index (χ2v) is 4.71. The van der Waals surface area contributed by atoms with Crippen LogP contribution in [0.5, 0.6) is 0 Å². The number of pyridine rings is 1. The molecule has 2 unspecified atom stereocenters. The Labute approximate surface area is 101 Å². The van der Waals surface area contributed by atoms with Crippen LogP contribution in [0.1, 0.15) is 35.4 Å². The van der Waals surface area contributed by atoms with Crippen molar-refractivity contribution < 1.29 is 9.90 Å². The fourth-order valence-electron chi connectivity index (χ4n) is 2.23. The van der Waals surface area contributed by atoms with E-state index in [9.17, 15) is 9.90 Å². The minimum atomic E-state index is -0.186. The molecule has 2 atom stereocenters. The molecule has 0 radical (unpaired) electrons. The van der Waals surface area contributed by atoms with Gasteiger partial charge in [-0.15, -0.1) is 0 Å². The lowest BCUT2D eigenvalue weighted by Crippen LogP contribution is -2.29. The van der Waals surface area contributed by atoms with Crippen LogP contribution < -0.4 is 5.32 Å². The number of carbonyl (C=O) groups excluding carboxylic acids is 1. The van der Waals surface area contributed by atoms with Crippen molar-refractivity contribution in [1.82, 2.24) is 10.3 Å². The van der Waals surface area contributed by atoms with E-state index >= 15 is 0 Å². The van der Waals surface area contributed by atoms with Gasteiger partial charge in [0.15, 0.2) is 0 Å². The molecule has 0 aliphatic heterocycles. The molecular weight excluding hydrogens is 216 g/mol. The zero-order valence-corrected chi connectivity index (χ0v) is 10.0. The van der Waals surface area contributed by atoms with Crippen LogP contribution in [0.25, 0.3) is 0 Å². The average molecular weight is 234 g/mol. The molecule has 1 fully saturated rings. The van der Waals surface area contributed by atoms with Gasteiger partial charge in [-0.3, -0.25) is 4.79 Å². The highest BCUT2D eigenvalue weighted by molar-refractivity contribution is 5.92. The molecule has 0 saturated heterocycles. The predicted molar refractivity (Wildman–Crippen MR) is 64.7 cm³/mol. The molecule has 0 aromatic carbocycles. The first kappa shape index (κ1) is 12.0. The van der Waals surface area contributed by atoms with E-state index in [2.05, 4.69) is 10.3 Å². The smallest absolute Gasteiger partial charge is 0.269 e. The lowest BCUT2D eigenvalue weighted by molar-refractivity contribution is 0.0940. The van der Waals surface area contributed by atoms with Crippen molar-refractivity contribution in [3.05, 3.63) is 29.6 Å². The third-order valence-electron chi connectivity index (χ3n) is 3.19. The van der Waals surface area contributed by atoms with Crippen molar-refractivity contribution in [2.75, 3.05) is 6.54 Å². The van der Waals surface area contributed by atoms with E-state index in [1.54, 1.807) is 6.07 Å². The van der Waals surface area contributed by atoms with E-state index in [1.807, 2.05) is 19.1 Å². The molecule has 2 rings (SSSR count). The maximum atomic E-state index is 11.8. The number of hydrogen-bond acceptors (Lipinski definition) is 3. The average Bonchev–Trinajstić information content (AvgIpc) is 2.72. The predicted octanol–water partition coefficient (Wildman–Crippen LogP) is 1.28. The van der Waals surface area contributed by atoms with Crippen LogP contribution >= 0.6 is 0 Å². The van der Waals surface area contributed by atoms with Crippen LogP contribution in [0.4, 0.5) is 0 Å². The summed E-state index contributed by atoms with van der Waals surface area (Å²) in [6.45, 7) is 2.50. The molecule has 2 N–H and O–H groups in total. The van der Waals surface area contributed by atoms with Crippen molar-refractivity contribution in [2.24, 2.45) is 5.92 Å². The number of carbonyl (C=O) groups is 1. The number of aliphatic hydroxyl groups excluding tert-OH is 1. The number of aryl methyl sites for hydroxylation is 1. The molecule has 0 bridgehead atoms. The SMILES string of the molecule is Cc1cccc(C(=O)NCC2CCC(O)C2)n1. The fourth-order valence-corrected chi connectivity index (χ4v) is 2.23. The summed E-state index contributed by atoms with van der Waals surface area (Å²) in [4.78, 5) is 16.0. The third-order valence-corrected chi connectivity index (χ3v) is 3.19. The van der Waals surface area contributed by atoms with Gasteiger partial charge in [-0.1, -0.05) is 6.07 Å². The number of amides is 1. The lowest BCUT2D eigenvalue weighted by Gasteiger charge is -2.10. The summed E-state index contributed by atoms with van der Waals surface area (Å²) >= 11 is 0. The summed E-state index contributed by atoms with van der Waals surface area (Å²) in [5.41, 5.74) is 1.30. The molecule has 1 aromatic rings. The van der Waals surface area contributed by atoms with Crippen molar-refractivity contribution in [2.45, 2.75) is 32.3 Å². The molecule has 92 valence electrons. The van der Waals surface area contributed by atoms with E-state index in [4.69, 9.17) is 0 Å². The van der Waals surface area contributed by atoms with Gasteiger partial charge in [0.25, 0.3) is 5.91 Å². The van der Waals surface area contributed by atoms with Crippen LogP contribution in [0.15, 0.2) is 18.2 Å². The van der Waals surface area contributed by atoms with Crippen LogP contribution in [0, 0.1) is 12.8 Å². The van der Waals surface area contributed by atoms with Crippen LogP contribution in [0.2, 0.25) is 0 Å². The number of aliphatic hydroxyl groups is 1. The molecule has 17 heavy (non-hydrogen) atoms. The Bertz CT molecular complexity index is 406. The Morgan fingerprint density at radius 2 is 2.35 bits per heavy atom. The number of nitrogens with zero attached hydrogens (tertiary/aromatic N) is 1. The molecule has 4 heteroatoms. The van der Waals surface area contributed by atoms with Gasteiger partial charge < -0.3 is 10.4 Å². The highest BCUT2D eigenvalue weighted by atomic mass is 16.3. The van der Waals surface area contributed by atoms with Gasteiger partial charge in [0, 0.05) is 12.2 Å². The Morgan fingerprint density at radius 3 is 3.00 bits per heavy atom. The van der Waals surface area contributed by atoms with Crippen molar-refractivity contribution in [1.29, 1.82) is 0 Å². The minimum Gasteiger partial charge on any atom is -0.393 e. The normalized spacial score (nSPS) is 23.6. The van der Waals surface area contributed by atoms with Gasteiger partial charge in [0.05, 0.1) is 6.10 Å². The zero-order chi connectivity index (χ0) is 12.3. The fraction of sp³-hybridized carbons (Fsp3) is 0.538. The van der Waals surface area contributed by atoms with Crippen molar-refractivity contribution in [3.8, 4) is 0 Å². The highest BCUT2D eigenvalue weighted by Gasteiger charge is 2.23. The van der Waals surface area contributed by atoms with Gasteiger partial charge in [0.2, 0.25) is 0 Å². The monoisotopic (exact) mass is 234 g/mol. The second kappa shape index (κ2) is 5.27. The Balaban J connectivity index is 1.85. The summed E-state index contributed by atoms with van der Waals surface area (Å²) < 4.78 is 0. The molecule has 1 heterocycles. The van der Waals surface area contributed by atoms with E-state index in [0.29, 0.717) is 18.2 Å². The molecule has 1 aromatic heterocycles. The number of rotatable bonds is 3. The summed E-state index contributed by atoms with van der Waals surface area (Å²) in [6.07, 6.45) is 2.45. The maximum Gasteiger partial charge on any atom is 0.269 e. The third kappa shape index (κ3) is 3.27. The van der Waals surface area contributed by atoms with Crippen LogP contribution in [0.3, 0.4) is 0 Å². The lowest BCUT2D eigenvalue weighted by atomic mass is 10.1. The van der Waals surface area contributed by atoms with Gasteiger partial charge in [0.1, 0.15) is 5.69 Å². The van der Waals surface area contributed by atoms with Crippen LogP contribution in [-0.4, -0.2) is 28.6 Å². The topological polar surface area (TPSA) is 62.2 Å². The number of hydrogen-bond donors (Lipinski definition) is 2. The van der Waals surface area contributed by atoms with E-state index in [1.165, 1.54) is 0 Å². The van der Waals surface area contributed by atoms with Crippen LogP contribution in [-0.2, 0) is 0 Å². The molecule has 4 nitrogen and oxygen atoms in total. The molecular formula is C13H18N2O2. The minimum absolute atomic E-state index is 0.130. The number of nitrogens with one attached hydrogen (secondary N) is 1. The Morgan fingerprint density at radius 1 is 1.53 bits per heavy atom. The maximum absolute atomic E-state index is 11.8. The molecule has 1 aliphatic rings. The largest absolute Gasteiger partial charge is 0.393 e. The van der Waals surface area contributed by atoms with Crippen molar-refractivity contribution >= 4 is 5.91 Å². The summed E-state index contributed by atoms with van der Waals surface area (Å²) in [5, 5.41) is 12.3. The standard InChI is InChI=1S/C13H18N2O2/c1-9-3-2-4-12(15-9)13(17)14-8-10-5-6-11(16)7-10/h2-4,10-11,16H,5-8H2,1H3,(H,14,17). The first-order valence-corrected chi connectivity index (χ1v) is 6.05. The van der Waals surface area contributed by atoms with E-state index in [0.717, 1.165) is 25.0 Å².